The molecule has 7 heteroatoms. The van der Waals surface area contributed by atoms with Crippen LogP contribution in [0.2, 0.25) is 0 Å². The van der Waals surface area contributed by atoms with E-state index >= 15 is 0 Å². The lowest BCUT2D eigenvalue weighted by atomic mass is 10.0. The number of aliphatic hydroxyl groups excluding tert-OH is 1. The van der Waals surface area contributed by atoms with Crippen LogP contribution < -0.4 is 10.2 Å². The number of anilines is 1. The molecule has 1 aliphatic heterocycles. The van der Waals surface area contributed by atoms with Crippen molar-refractivity contribution >= 4 is 11.6 Å². The molecule has 2 N–H and O–H groups in total. The van der Waals surface area contributed by atoms with Crippen LogP contribution in [0, 0.1) is 5.82 Å². The van der Waals surface area contributed by atoms with E-state index in [4.69, 9.17) is 0 Å². The topological polar surface area (TPSA) is 70.4 Å². The number of aryl methyl sites for hydroxylation is 1. The number of aromatic nitrogens is 2. The average Bonchev–Trinajstić information content (AvgIpc) is 3.14. The Balaban J connectivity index is 1.66. The quantitative estimate of drug-likeness (QED) is 0.829. The number of benzene rings is 1. The molecule has 0 radical (unpaired) electrons. The van der Waals surface area contributed by atoms with Gasteiger partial charge in [-0.2, -0.15) is 0 Å². The Labute approximate surface area is 152 Å². The number of nitrogens with zero attached hydrogens (tertiary/aromatic N) is 3. The van der Waals surface area contributed by atoms with Crippen molar-refractivity contribution in [1.29, 1.82) is 0 Å². The molecular weight excluding hydrogens is 335 g/mol. The average molecular weight is 360 g/mol. The number of nitrogens with one attached hydrogen (secondary N) is 1. The van der Waals surface area contributed by atoms with Crippen LogP contribution in [0.5, 0.6) is 0 Å². The van der Waals surface area contributed by atoms with Gasteiger partial charge >= 0.3 is 0 Å². The number of hydrogen-bond acceptors (Lipinski definition) is 4. The molecule has 2 aromatic rings. The van der Waals surface area contributed by atoms with Gasteiger partial charge in [0, 0.05) is 49.7 Å². The van der Waals surface area contributed by atoms with Gasteiger partial charge in [-0.15, -0.1) is 0 Å². The Bertz CT molecular complexity index is 727. The second-order valence-electron chi connectivity index (χ2n) is 6.76. The number of piperidine rings is 1. The summed E-state index contributed by atoms with van der Waals surface area (Å²) >= 11 is 0. The Kier molecular flexibility index (Phi) is 5.88. The van der Waals surface area contributed by atoms with Crippen LogP contribution in [-0.2, 0) is 11.3 Å². The first-order chi connectivity index (χ1) is 12.5. The van der Waals surface area contributed by atoms with E-state index in [9.17, 15) is 14.3 Å². The van der Waals surface area contributed by atoms with Gasteiger partial charge in [0.2, 0.25) is 5.91 Å². The van der Waals surface area contributed by atoms with Crippen molar-refractivity contribution in [3.63, 3.8) is 0 Å². The van der Waals surface area contributed by atoms with Gasteiger partial charge in [0.1, 0.15) is 5.82 Å². The van der Waals surface area contributed by atoms with Crippen LogP contribution in [0.1, 0.15) is 37.8 Å². The summed E-state index contributed by atoms with van der Waals surface area (Å²) in [6, 6.07) is 4.39. The summed E-state index contributed by atoms with van der Waals surface area (Å²) in [5.41, 5.74) is 1.68. The Morgan fingerprint density at radius 1 is 1.42 bits per heavy atom. The normalized spacial score (nSPS) is 16.5. The Morgan fingerprint density at radius 3 is 2.88 bits per heavy atom. The maximum Gasteiger partial charge on any atom is 0.222 e. The predicted molar refractivity (Wildman–Crippen MR) is 97.3 cm³/mol. The third-order valence-corrected chi connectivity index (χ3v) is 4.80. The summed E-state index contributed by atoms with van der Waals surface area (Å²) in [4.78, 5) is 18.4. The summed E-state index contributed by atoms with van der Waals surface area (Å²) < 4.78 is 15.7. The molecule has 1 fully saturated rings. The molecule has 1 aromatic carbocycles. The van der Waals surface area contributed by atoms with E-state index < -0.39 is 0 Å². The number of amides is 1. The Morgan fingerprint density at radius 2 is 2.19 bits per heavy atom. The van der Waals surface area contributed by atoms with Gasteiger partial charge in [0.25, 0.3) is 0 Å². The number of hydrogen-bond donors (Lipinski definition) is 2. The van der Waals surface area contributed by atoms with Crippen molar-refractivity contribution < 1.29 is 14.3 Å². The number of carbonyl (C=O) groups is 1. The molecule has 1 aromatic heterocycles. The van der Waals surface area contributed by atoms with Crippen molar-refractivity contribution in [2.75, 3.05) is 18.0 Å². The molecule has 1 saturated heterocycles. The SMILES string of the molecule is CC(NC(=O)CCn1ccnc1)c1cc(F)ccc1N1CCC(O)CC1. The minimum atomic E-state index is -0.319. The van der Waals surface area contributed by atoms with Gasteiger partial charge in [-0.25, -0.2) is 9.37 Å². The molecule has 26 heavy (non-hydrogen) atoms. The number of imidazole rings is 1. The summed E-state index contributed by atoms with van der Waals surface area (Å²) in [6.07, 6.45) is 6.62. The first-order valence-electron chi connectivity index (χ1n) is 9.00. The van der Waals surface area contributed by atoms with Gasteiger partial charge in [0.15, 0.2) is 0 Å². The highest BCUT2D eigenvalue weighted by molar-refractivity contribution is 5.76. The van der Waals surface area contributed by atoms with Gasteiger partial charge in [-0.05, 0) is 38.0 Å². The van der Waals surface area contributed by atoms with Gasteiger partial charge in [-0.3, -0.25) is 4.79 Å². The third kappa shape index (κ3) is 4.60. The zero-order valence-corrected chi connectivity index (χ0v) is 14.9. The van der Waals surface area contributed by atoms with Crippen molar-refractivity contribution in [3.8, 4) is 0 Å². The highest BCUT2D eigenvalue weighted by Crippen LogP contribution is 2.29. The molecule has 3 rings (SSSR count). The first-order valence-corrected chi connectivity index (χ1v) is 9.00. The maximum absolute atomic E-state index is 13.8. The summed E-state index contributed by atoms with van der Waals surface area (Å²) in [5, 5.41) is 12.7. The second kappa shape index (κ2) is 8.31. The number of rotatable bonds is 6. The smallest absolute Gasteiger partial charge is 0.222 e. The van der Waals surface area contributed by atoms with E-state index in [0.29, 0.717) is 25.8 Å². The monoisotopic (exact) mass is 360 g/mol. The summed E-state index contributed by atoms with van der Waals surface area (Å²) in [6.45, 7) is 3.87. The second-order valence-corrected chi connectivity index (χ2v) is 6.76. The summed E-state index contributed by atoms with van der Waals surface area (Å²) in [5.74, 6) is -0.407. The lowest BCUT2D eigenvalue weighted by Crippen LogP contribution is -2.37. The van der Waals surface area contributed by atoms with E-state index in [1.54, 1.807) is 18.6 Å². The van der Waals surface area contributed by atoms with Crippen LogP contribution in [0.15, 0.2) is 36.9 Å². The zero-order valence-electron chi connectivity index (χ0n) is 14.9. The summed E-state index contributed by atoms with van der Waals surface area (Å²) in [7, 11) is 0. The number of halogens is 1. The molecular formula is C19H25FN4O2. The van der Waals surface area contributed by atoms with E-state index in [2.05, 4.69) is 15.2 Å². The third-order valence-electron chi connectivity index (χ3n) is 4.80. The van der Waals surface area contributed by atoms with Crippen LogP contribution in [-0.4, -0.2) is 39.8 Å². The van der Waals surface area contributed by atoms with Crippen molar-refractivity contribution in [2.45, 2.75) is 44.9 Å². The standard InChI is InChI=1S/C19H25FN4O2/c1-14(22-19(26)6-8-23-11-7-21-13-23)17-12-15(20)2-3-18(17)24-9-4-16(25)5-10-24/h2-3,7,11-14,16,25H,4-6,8-10H2,1H3,(H,22,26). The van der Waals surface area contributed by atoms with Crippen molar-refractivity contribution in [3.05, 3.63) is 48.3 Å². The lowest BCUT2D eigenvalue weighted by molar-refractivity contribution is -0.121. The van der Waals surface area contributed by atoms with Gasteiger partial charge in [-0.1, -0.05) is 0 Å². The van der Waals surface area contributed by atoms with E-state index in [1.807, 2.05) is 17.7 Å². The van der Waals surface area contributed by atoms with Gasteiger partial charge < -0.3 is 19.9 Å². The fourth-order valence-corrected chi connectivity index (χ4v) is 3.31. The number of carbonyl (C=O) groups excluding carboxylic acids is 1. The minimum Gasteiger partial charge on any atom is -0.393 e. The minimum absolute atomic E-state index is 0.0875. The zero-order chi connectivity index (χ0) is 18.5. The fraction of sp³-hybridized carbons (Fsp3) is 0.474. The van der Waals surface area contributed by atoms with E-state index in [-0.39, 0.29) is 23.9 Å². The molecule has 6 nitrogen and oxygen atoms in total. The molecule has 2 heterocycles. The largest absolute Gasteiger partial charge is 0.393 e. The van der Waals surface area contributed by atoms with Crippen LogP contribution in [0.4, 0.5) is 10.1 Å². The van der Waals surface area contributed by atoms with Crippen molar-refractivity contribution in [2.24, 2.45) is 0 Å². The molecule has 1 aliphatic rings. The maximum atomic E-state index is 13.8. The molecule has 140 valence electrons. The highest BCUT2D eigenvalue weighted by atomic mass is 19.1. The molecule has 1 unspecified atom stereocenters. The molecule has 0 spiro atoms. The van der Waals surface area contributed by atoms with Crippen LogP contribution >= 0.6 is 0 Å². The predicted octanol–water partition coefficient (Wildman–Crippen LogP) is 2.25. The van der Waals surface area contributed by atoms with Crippen LogP contribution in [0.3, 0.4) is 0 Å². The van der Waals surface area contributed by atoms with Crippen molar-refractivity contribution in [1.82, 2.24) is 14.9 Å². The lowest BCUT2D eigenvalue weighted by Gasteiger charge is -2.34. The fourth-order valence-electron chi connectivity index (χ4n) is 3.31. The molecule has 1 amide bonds. The Hall–Kier alpha value is -2.41. The molecule has 0 aliphatic carbocycles. The molecule has 0 bridgehead atoms. The molecule has 1 atom stereocenters. The van der Waals surface area contributed by atoms with E-state index in [0.717, 1.165) is 24.3 Å². The van der Waals surface area contributed by atoms with Crippen LogP contribution in [0.25, 0.3) is 0 Å². The first kappa shape index (κ1) is 18.4. The van der Waals surface area contributed by atoms with Gasteiger partial charge in [0.05, 0.1) is 18.5 Å². The molecule has 0 saturated carbocycles. The highest BCUT2D eigenvalue weighted by Gasteiger charge is 2.22. The number of aliphatic hydroxyl groups is 1. The van der Waals surface area contributed by atoms with E-state index in [1.165, 1.54) is 12.1 Å².